The highest BCUT2D eigenvalue weighted by Gasteiger charge is 2.21. The average Bonchev–Trinajstić information content (AvgIpc) is 3.03. The molecule has 2 aromatic heterocycles. The van der Waals surface area contributed by atoms with Gasteiger partial charge in [-0.05, 0) is 55.2 Å². The second-order valence-corrected chi connectivity index (χ2v) is 6.71. The smallest absolute Gasteiger partial charge is 0.255 e. The van der Waals surface area contributed by atoms with Crippen LogP contribution >= 0.6 is 11.3 Å². The molecule has 0 amide bonds. The van der Waals surface area contributed by atoms with Gasteiger partial charge in [0.05, 0.1) is 6.04 Å². The average molecular weight is 302 g/mol. The molecule has 0 saturated carbocycles. The van der Waals surface area contributed by atoms with Crippen LogP contribution in [0, 0.1) is 0 Å². The highest BCUT2D eigenvalue weighted by atomic mass is 32.1. The zero-order valence-electron chi connectivity index (χ0n) is 12.5. The summed E-state index contributed by atoms with van der Waals surface area (Å²) < 4.78 is 1.98. The Morgan fingerprint density at radius 1 is 1.38 bits per heavy atom. The lowest BCUT2D eigenvalue weighted by atomic mass is 9.92. The Bertz CT molecular complexity index is 673. The highest BCUT2D eigenvalue weighted by molar-refractivity contribution is 7.10. The third kappa shape index (κ3) is 2.70. The minimum absolute atomic E-state index is 0.110. The lowest BCUT2D eigenvalue weighted by Gasteiger charge is -2.23. The Hall–Kier alpha value is -1.39. The van der Waals surface area contributed by atoms with Crippen LogP contribution in [0.15, 0.2) is 28.4 Å². The van der Waals surface area contributed by atoms with E-state index in [0.717, 1.165) is 36.2 Å². The molecule has 0 aromatic carbocycles. The summed E-state index contributed by atoms with van der Waals surface area (Å²) in [7, 11) is 0. The van der Waals surface area contributed by atoms with Crippen molar-refractivity contribution in [3.05, 3.63) is 55.6 Å². The molecule has 1 atom stereocenters. The first kappa shape index (κ1) is 14.5. The molecule has 1 aliphatic rings. The van der Waals surface area contributed by atoms with Gasteiger partial charge in [-0.25, -0.2) is 0 Å². The Morgan fingerprint density at radius 2 is 2.19 bits per heavy atom. The molecule has 1 aliphatic carbocycles. The number of nitrogens with zero attached hydrogens (tertiary/aromatic N) is 1. The van der Waals surface area contributed by atoms with E-state index in [9.17, 15) is 4.79 Å². The Labute approximate surface area is 129 Å². The third-order valence-electron chi connectivity index (χ3n) is 4.26. The van der Waals surface area contributed by atoms with Crippen molar-refractivity contribution in [3.63, 3.8) is 0 Å². The van der Waals surface area contributed by atoms with Crippen molar-refractivity contribution in [2.24, 2.45) is 5.73 Å². The molecule has 0 bridgehead atoms. The lowest BCUT2D eigenvalue weighted by Crippen LogP contribution is -2.32. The van der Waals surface area contributed by atoms with Crippen molar-refractivity contribution >= 4 is 11.3 Å². The summed E-state index contributed by atoms with van der Waals surface area (Å²) in [6.45, 7) is 2.92. The minimum atomic E-state index is -0.298. The molecular formula is C17H22N2OS. The molecule has 2 heterocycles. The number of nitrogens with two attached hydrogens (primary N) is 1. The van der Waals surface area contributed by atoms with Gasteiger partial charge in [-0.1, -0.05) is 13.0 Å². The summed E-state index contributed by atoms with van der Waals surface area (Å²) in [5.41, 5.74) is 9.80. The van der Waals surface area contributed by atoms with Crippen molar-refractivity contribution < 1.29 is 0 Å². The minimum Gasteiger partial charge on any atom is -0.319 e. The zero-order chi connectivity index (χ0) is 14.8. The Morgan fingerprint density at radius 3 is 2.90 bits per heavy atom. The van der Waals surface area contributed by atoms with E-state index in [-0.39, 0.29) is 11.6 Å². The quantitative estimate of drug-likeness (QED) is 0.942. The second-order valence-electron chi connectivity index (χ2n) is 5.73. The van der Waals surface area contributed by atoms with Crippen LogP contribution in [0.4, 0.5) is 0 Å². The van der Waals surface area contributed by atoms with Crippen LogP contribution in [-0.4, -0.2) is 4.57 Å². The standard InChI is InChI=1S/C17H22N2OS/c1-2-9-19-14-7-4-3-6-12(14)11-13(17(19)20)16(18)15-8-5-10-21-15/h5,8,10-11,16H,2-4,6-7,9,18H2,1H3. The topological polar surface area (TPSA) is 48.0 Å². The van der Waals surface area contributed by atoms with Crippen LogP contribution in [0.5, 0.6) is 0 Å². The van der Waals surface area contributed by atoms with Gasteiger partial charge in [-0.15, -0.1) is 11.3 Å². The van der Waals surface area contributed by atoms with Gasteiger partial charge in [0.15, 0.2) is 0 Å². The molecule has 0 aliphatic heterocycles. The maximum Gasteiger partial charge on any atom is 0.255 e. The third-order valence-corrected chi connectivity index (χ3v) is 5.22. The van der Waals surface area contributed by atoms with Crippen molar-refractivity contribution in [2.75, 3.05) is 0 Å². The van der Waals surface area contributed by atoms with E-state index in [2.05, 4.69) is 13.0 Å². The molecule has 3 nitrogen and oxygen atoms in total. The lowest BCUT2D eigenvalue weighted by molar-refractivity contribution is 0.558. The first-order valence-electron chi connectivity index (χ1n) is 7.76. The molecule has 3 rings (SSSR count). The van der Waals surface area contributed by atoms with Gasteiger partial charge in [-0.2, -0.15) is 0 Å². The zero-order valence-corrected chi connectivity index (χ0v) is 13.3. The summed E-state index contributed by atoms with van der Waals surface area (Å²) in [6.07, 6.45) is 5.48. The van der Waals surface area contributed by atoms with Gasteiger partial charge in [0, 0.05) is 22.7 Å². The molecule has 0 radical (unpaired) electrons. The molecular weight excluding hydrogens is 280 g/mol. The second kappa shape index (κ2) is 6.16. The van der Waals surface area contributed by atoms with Crippen molar-refractivity contribution in [2.45, 2.75) is 51.6 Å². The number of hydrogen-bond acceptors (Lipinski definition) is 3. The summed E-state index contributed by atoms with van der Waals surface area (Å²) in [6, 6.07) is 5.78. The molecule has 1 unspecified atom stereocenters. The number of pyridine rings is 1. The fourth-order valence-corrected chi connectivity index (χ4v) is 3.95. The fraction of sp³-hybridized carbons (Fsp3) is 0.471. The maximum absolute atomic E-state index is 12.9. The van der Waals surface area contributed by atoms with Gasteiger partial charge in [0.2, 0.25) is 0 Å². The molecule has 2 aromatic rings. The summed E-state index contributed by atoms with van der Waals surface area (Å²) in [4.78, 5) is 13.9. The van der Waals surface area contributed by atoms with Gasteiger partial charge in [-0.3, -0.25) is 4.79 Å². The van der Waals surface area contributed by atoms with E-state index in [1.807, 2.05) is 22.1 Å². The molecule has 112 valence electrons. The number of aromatic nitrogens is 1. The number of fused-ring (bicyclic) bond motifs is 1. The molecule has 0 saturated heterocycles. The largest absolute Gasteiger partial charge is 0.319 e. The van der Waals surface area contributed by atoms with Gasteiger partial charge >= 0.3 is 0 Å². The predicted molar refractivity (Wildman–Crippen MR) is 88.0 cm³/mol. The summed E-state index contributed by atoms with van der Waals surface area (Å²) in [5.74, 6) is 0. The Balaban J connectivity index is 2.13. The predicted octanol–water partition coefficient (Wildman–Crippen LogP) is 3.25. The van der Waals surface area contributed by atoms with Gasteiger partial charge in [0.1, 0.15) is 0 Å². The fourth-order valence-electron chi connectivity index (χ4n) is 3.21. The number of aryl methyl sites for hydroxylation is 1. The monoisotopic (exact) mass is 302 g/mol. The summed E-state index contributed by atoms with van der Waals surface area (Å²) >= 11 is 1.62. The van der Waals surface area contributed by atoms with Gasteiger partial charge in [0.25, 0.3) is 5.56 Å². The molecule has 21 heavy (non-hydrogen) atoms. The van der Waals surface area contributed by atoms with Crippen LogP contribution in [0.2, 0.25) is 0 Å². The first-order chi connectivity index (χ1) is 10.2. The van der Waals surface area contributed by atoms with E-state index in [1.165, 1.54) is 24.1 Å². The van der Waals surface area contributed by atoms with Crippen molar-refractivity contribution in [1.29, 1.82) is 0 Å². The number of thiophene rings is 1. The number of rotatable bonds is 4. The van der Waals surface area contributed by atoms with Crippen LogP contribution in [-0.2, 0) is 19.4 Å². The Kier molecular flexibility index (Phi) is 4.27. The van der Waals surface area contributed by atoms with Crippen LogP contribution < -0.4 is 11.3 Å². The highest BCUT2D eigenvalue weighted by Crippen LogP contribution is 2.26. The van der Waals surface area contributed by atoms with Crippen molar-refractivity contribution in [3.8, 4) is 0 Å². The molecule has 2 N–H and O–H groups in total. The normalized spacial score (nSPS) is 15.7. The van der Waals surface area contributed by atoms with E-state index >= 15 is 0 Å². The number of hydrogen-bond donors (Lipinski definition) is 1. The van der Waals surface area contributed by atoms with E-state index in [1.54, 1.807) is 11.3 Å². The van der Waals surface area contributed by atoms with E-state index in [0.29, 0.717) is 0 Å². The van der Waals surface area contributed by atoms with Crippen molar-refractivity contribution in [1.82, 2.24) is 4.57 Å². The molecule has 4 heteroatoms. The SMILES string of the molecule is CCCn1c2c(cc(C(N)c3cccs3)c1=O)CCCC2. The van der Waals surface area contributed by atoms with E-state index in [4.69, 9.17) is 5.73 Å². The summed E-state index contributed by atoms with van der Waals surface area (Å²) in [5, 5.41) is 2.01. The first-order valence-corrected chi connectivity index (χ1v) is 8.64. The van der Waals surface area contributed by atoms with E-state index < -0.39 is 0 Å². The van der Waals surface area contributed by atoms with Crippen LogP contribution in [0.3, 0.4) is 0 Å². The van der Waals surface area contributed by atoms with Crippen LogP contribution in [0.25, 0.3) is 0 Å². The molecule has 0 spiro atoms. The molecule has 0 fully saturated rings. The maximum atomic E-state index is 12.9. The van der Waals surface area contributed by atoms with Crippen LogP contribution in [0.1, 0.15) is 53.9 Å². The van der Waals surface area contributed by atoms with Gasteiger partial charge < -0.3 is 10.3 Å².